The van der Waals surface area contributed by atoms with Crippen LogP contribution in [0.1, 0.15) is 0 Å². The van der Waals surface area contributed by atoms with Crippen LogP contribution in [0.4, 0.5) is 11.7 Å². The predicted molar refractivity (Wildman–Crippen MR) is 69.5 cm³/mol. The van der Waals surface area contributed by atoms with Gasteiger partial charge in [-0.15, -0.1) is 0 Å². The van der Waals surface area contributed by atoms with E-state index in [0.717, 1.165) is 11.3 Å². The molecule has 4 nitrogen and oxygen atoms in total. The summed E-state index contributed by atoms with van der Waals surface area (Å²) in [6.45, 7) is 0. The summed E-state index contributed by atoms with van der Waals surface area (Å²) >= 11 is 0. The van der Waals surface area contributed by atoms with Crippen molar-refractivity contribution in [3.63, 3.8) is 0 Å². The maximum Gasteiger partial charge on any atom is 0.326 e. The van der Waals surface area contributed by atoms with Gasteiger partial charge in [0.25, 0.3) is 0 Å². The summed E-state index contributed by atoms with van der Waals surface area (Å²) in [5.41, 5.74) is 1.85. The van der Waals surface area contributed by atoms with Crippen LogP contribution in [0.5, 0.6) is 0 Å². The molecule has 0 aliphatic heterocycles. The van der Waals surface area contributed by atoms with Gasteiger partial charge < -0.3 is 9.84 Å². The molecular weight excluding hydrogens is 226 g/mol. The van der Waals surface area contributed by atoms with Crippen LogP contribution in [0.25, 0.3) is 11.4 Å². The Morgan fingerprint density at radius 3 is 2.22 bits per heavy atom. The summed E-state index contributed by atoms with van der Waals surface area (Å²) in [5.74, 6) is 0.578. The highest BCUT2D eigenvalue weighted by atomic mass is 16.5. The van der Waals surface area contributed by atoms with Gasteiger partial charge in [-0.2, -0.15) is 4.98 Å². The Morgan fingerprint density at radius 2 is 1.50 bits per heavy atom. The van der Waals surface area contributed by atoms with Crippen LogP contribution in [-0.2, 0) is 0 Å². The average Bonchev–Trinajstić information content (AvgIpc) is 2.89. The lowest BCUT2D eigenvalue weighted by Crippen LogP contribution is -1.89. The summed E-state index contributed by atoms with van der Waals surface area (Å²) in [7, 11) is 0. The van der Waals surface area contributed by atoms with Gasteiger partial charge in [0.2, 0.25) is 5.82 Å². The summed E-state index contributed by atoms with van der Waals surface area (Å²) in [5, 5.41) is 6.99. The van der Waals surface area contributed by atoms with Crippen LogP contribution in [0, 0.1) is 0 Å². The molecule has 18 heavy (non-hydrogen) atoms. The third-order valence-electron chi connectivity index (χ3n) is 2.48. The highest BCUT2D eigenvalue weighted by Gasteiger charge is 2.07. The van der Waals surface area contributed by atoms with E-state index in [1.165, 1.54) is 0 Å². The predicted octanol–water partition coefficient (Wildman–Crippen LogP) is 3.48. The number of nitrogens with zero attached hydrogens (tertiary/aromatic N) is 2. The number of hydrogen-bond acceptors (Lipinski definition) is 4. The van der Waals surface area contributed by atoms with Gasteiger partial charge in [0, 0.05) is 11.3 Å². The van der Waals surface area contributed by atoms with Crippen LogP contribution >= 0.6 is 0 Å². The van der Waals surface area contributed by atoms with Crippen molar-refractivity contribution in [2.75, 3.05) is 5.32 Å². The molecule has 0 aliphatic rings. The van der Waals surface area contributed by atoms with Crippen LogP contribution in [0.3, 0.4) is 0 Å². The lowest BCUT2D eigenvalue weighted by Gasteiger charge is -1.98. The van der Waals surface area contributed by atoms with Gasteiger partial charge in [0.05, 0.1) is 0 Å². The highest BCUT2D eigenvalue weighted by Crippen LogP contribution is 2.19. The van der Waals surface area contributed by atoms with Crippen LogP contribution < -0.4 is 5.32 Å². The van der Waals surface area contributed by atoms with Crippen molar-refractivity contribution in [1.29, 1.82) is 0 Å². The van der Waals surface area contributed by atoms with E-state index in [-0.39, 0.29) is 0 Å². The van der Waals surface area contributed by atoms with E-state index < -0.39 is 0 Å². The molecule has 1 heterocycles. The topological polar surface area (TPSA) is 51.0 Å². The third-order valence-corrected chi connectivity index (χ3v) is 2.48. The molecule has 0 bridgehead atoms. The molecule has 4 heteroatoms. The Hall–Kier alpha value is -2.62. The lowest BCUT2D eigenvalue weighted by molar-refractivity contribution is 0.435. The normalized spacial score (nSPS) is 10.2. The zero-order chi connectivity index (χ0) is 12.2. The fourth-order valence-electron chi connectivity index (χ4n) is 1.62. The number of anilines is 2. The number of rotatable bonds is 3. The fourth-order valence-corrected chi connectivity index (χ4v) is 1.62. The molecule has 0 saturated heterocycles. The molecule has 1 aromatic heterocycles. The smallest absolute Gasteiger partial charge is 0.315 e. The minimum Gasteiger partial charge on any atom is -0.315 e. The second kappa shape index (κ2) is 4.71. The summed E-state index contributed by atoms with van der Waals surface area (Å²) in [6.07, 6.45) is 0. The molecule has 2 aromatic carbocycles. The van der Waals surface area contributed by atoms with Gasteiger partial charge in [-0.05, 0) is 12.1 Å². The first-order valence-electron chi connectivity index (χ1n) is 5.63. The van der Waals surface area contributed by atoms with Crippen molar-refractivity contribution >= 4 is 11.7 Å². The standard InChI is InChI=1S/C14H11N3O/c1-3-7-11(8-4-1)13-16-14(18-17-13)15-12-9-5-2-6-10-12/h1-10H,(H,15,16,17). The zero-order valence-corrected chi connectivity index (χ0v) is 9.58. The van der Waals surface area contributed by atoms with E-state index in [4.69, 9.17) is 4.52 Å². The quantitative estimate of drug-likeness (QED) is 0.757. The SMILES string of the molecule is c1ccc(Nc2nc(-c3ccccc3)no2)cc1. The number of hydrogen-bond donors (Lipinski definition) is 1. The second-order valence-electron chi connectivity index (χ2n) is 3.78. The molecule has 0 atom stereocenters. The molecule has 0 fully saturated rings. The molecule has 0 spiro atoms. The third kappa shape index (κ3) is 2.22. The minimum atomic E-state index is 0.389. The van der Waals surface area contributed by atoms with Crippen LogP contribution in [0.15, 0.2) is 65.2 Å². The van der Waals surface area contributed by atoms with E-state index in [2.05, 4.69) is 15.5 Å². The Bertz CT molecular complexity index is 620. The lowest BCUT2D eigenvalue weighted by atomic mass is 10.2. The van der Waals surface area contributed by atoms with Crippen molar-refractivity contribution < 1.29 is 4.52 Å². The average molecular weight is 237 g/mol. The fraction of sp³-hybridized carbons (Fsp3) is 0. The second-order valence-corrected chi connectivity index (χ2v) is 3.78. The van der Waals surface area contributed by atoms with Crippen molar-refractivity contribution in [2.24, 2.45) is 0 Å². The van der Waals surface area contributed by atoms with Gasteiger partial charge in [0.1, 0.15) is 0 Å². The molecule has 0 saturated carbocycles. The first-order chi connectivity index (χ1) is 8.92. The summed E-state index contributed by atoms with van der Waals surface area (Å²) < 4.78 is 5.15. The Morgan fingerprint density at radius 1 is 0.833 bits per heavy atom. The maximum absolute atomic E-state index is 5.15. The van der Waals surface area contributed by atoms with Gasteiger partial charge in [-0.1, -0.05) is 53.7 Å². The molecule has 3 rings (SSSR count). The zero-order valence-electron chi connectivity index (χ0n) is 9.58. The van der Waals surface area contributed by atoms with E-state index in [0.29, 0.717) is 11.8 Å². The first kappa shape index (κ1) is 10.5. The number of aromatic nitrogens is 2. The number of benzene rings is 2. The number of nitrogens with one attached hydrogen (secondary N) is 1. The molecule has 3 aromatic rings. The molecule has 0 unspecified atom stereocenters. The van der Waals surface area contributed by atoms with Crippen molar-refractivity contribution in [1.82, 2.24) is 10.1 Å². The minimum absolute atomic E-state index is 0.389. The largest absolute Gasteiger partial charge is 0.326 e. The Labute approximate surface area is 104 Å². The van der Waals surface area contributed by atoms with E-state index in [9.17, 15) is 0 Å². The van der Waals surface area contributed by atoms with Crippen LogP contribution in [-0.4, -0.2) is 10.1 Å². The van der Waals surface area contributed by atoms with Gasteiger partial charge >= 0.3 is 6.01 Å². The molecule has 1 N–H and O–H groups in total. The Balaban J connectivity index is 1.82. The molecule has 88 valence electrons. The van der Waals surface area contributed by atoms with Crippen molar-refractivity contribution in [3.8, 4) is 11.4 Å². The Kier molecular flexibility index (Phi) is 2.75. The van der Waals surface area contributed by atoms with E-state index in [1.54, 1.807) is 0 Å². The van der Waals surface area contributed by atoms with Gasteiger partial charge in [-0.3, -0.25) is 0 Å². The van der Waals surface area contributed by atoms with E-state index in [1.807, 2.05) is 60.7 Å². The monoisotopic (exact) mass is 237 g/mol. The van der Waals surface area contributed by atoms with Crippen molar-refractivity contribution in [3.05, 3.63) is 60.7 Å². The van der Waals surface area contributed by atoms with E-state index >= 15 is 0 Å². The maximum atomic E-state index is 5.15. The highest BCUT2D eigenvalue weighted by molar-refractivity contribution is 5.57. The summed E-state index contributed by atoms with van der Waals surface area (Å²) in [6, 6.07) is 19.8. The molecular formula is C14H11N3O. The van der Waals surface area contributed by atoms with Crippen molar-refractivity contribution in [2.45, 2.75) is 0 Å². The molecule has 0 radical (unpaired) electrons. The summed E-state index contributed by atoms with van der Waals surface area (Å²) in [4.78, 5) is 4.29. The molecule has 0 amide bonds. The molecule has 0 aliphatic carbocycles. The number of para-hydroxylation sites is 1. The van der Waals surface area contributed by atoms with Crippen LogP contribution in [0.2, 0.25) is 0 Å². The van der Waals surface area contributed by atoms with Gasteiger partial charge in [0.15, 0.2) is 0 Å². The van der Waals surface area contributed by atoms with Gasteiger partial charge in [-0.25, -0.2) is 0 Å². The first-order valence-corrected chi connectivity index (χ1v) is 5.63.